The van der Waals surface area contributed by atoms with E-state index in [4.69, 9.17) is 5.11 Å². The molecule has 0 fully saturated rings. The van der Waals surface area contributed by atoms with Gasteiger partial charge in [0.25, 0.3) is 0 Å². The average Bonchev–Trinajstić information content (AvgIpc) is 3.09. The van der Waals surface area contributed by atoms with E-state index in [1.165, 1.54) is 11.1 Å². The first-order chi connectivity index (χ1) is 12.7. The topological polar surface area (TPSA) is 63.0 Å². The number of aliphatic hydroxyl groups is 1. The van der Waals surface area contributed by atoms with Crippen molar-refractivity contribution >= 4 is 11.6 Å². The molecule has 2 N–H and O–H groups in total. The minimum Gasteiger partial charge on any atom is -0.396 e. The Labute approximate surface area is 153 Å². The number of anilines is 1. The molecule has 0 saturated heterocycles. The van der Waals surface area contributed by atoms with Gasteiger partial charge < -0.3 is 10.4 Å². The normalized spacial score (nSPS) is 15.9. The minimum atomic E-state index is -0.0147. The first kappa shape index (κ1) is 16.5. The summed E-state index contributed by atoms with van der Waals surface area (Å²) in [5.74, 6) is 1.49. The van der Waals surface area contributed by atoms with Crippen LogP contribution in [0.4, 0.5) is 5.95 Å². The number of rotatable bonds is 5. The van der Waals surface area contributed by atoms with Crippen LogP contribution in [-0.4, -0.2) is 26.5 Å². The monoisotopic (exact) mass is 346 g/mol. The molecule has 0 bridgehead atoms. The maximum atomic E-state index is 9.09. The summed E-state index contributed by atoms with van der Waals surface area (Å²) in [5.41, 5.74) is 4.56. The van der Waals surface area contributed by atoms with Gasteiger partial charge in [-0.2, -0.15) is 10.1 Å². The Morgan fingerprint density at radius 2 is 1.85 bits per heavy atom. The fraction of sp³-hybridized carbons (Fsp3) is 0.238. The number of allylic oxidation sites excluding steroid dienone is 1. The lowest BCUT2D eigenvalue weighted by atomic mass is 10.0. The lowest BCUT2D eigenvalue weighted by Crippen LogP contribution is -2.20. The van der Waals surface area contributed by atoms with Crippen LogP contribution in [0.2, 0.25) is 0 Å². The molecule has 26 heavy (non-hydrogen) atoms. The molecule has 1 aliphatic rings. The van der Waals surface area contributed by atoms with Crippen LogP contribution in [0.3, 0.4) is 0 Å². The van der Waals surface area contributed by atoms with E-state index in [1.807, 2.05) is 22.9 Å². The van der Waals surface area contributed by atoms with Crippen LogP contribution in [0.25, 0.3) is 5.70 Å². The quantitative estimate of drug-likeness (QED) is 0.741. The maximum Gasteiger partial charge on any atom is 0.226 e. The number of aryl methyl sites for hydroxylation is 2. The number of fused-ring (bicyclic) bond motifs is 1. The van der Waals surface area contributed by atoms with Crippen molar-refractivity contribution in [2.75, 3.05) is 11.9 Å². The Bertz CT molecular complexity index is 913. The molecule has 0 aliphatic carbocycles. The van der Waals surface area contributed by atoms with E-state index in [0.717, 1.165) is 23.0 Å². The number of hydrogen-bond acceptors (Lipinski definition) is 4. The molecule has 0 radical (unpaired) electrons. The molecule has 2 heterocycles. The Hall–Kier alpha value is -2.92. The summed E-state index contributed by atoms with van der Waals surface area (Å²) in [4.78, 5) is 4.65. The van der Waals surface area contributed by atoms with Crippen LogP contribution >= 0.6 is 0 Å². The van der Waals surface area contributed by atoms with Gasteiger partial charge in [-0.15, -0.1) is 0 Å². The Morgan fingerprint density at radius 3 is 2.58 bits per heavy atom. The van der Waals surface area contributed by atoms with Crippen LogP contribution in [0, 0.1) is 6.92 Å². The molecule has 1 aliphatic heterocycles. The van der Waals surface area contributed by atoms with Crippen molar-refractivity contribution in [3.8, 4) is 0 Å². The third-order valence-corrected chi connectivity index (χ3v) is 4.57. The summed E-state index contributed by atoms with van der Waals surface area (Å²) in [6.07, 6.45) is 3.52. The van der Waals surface area contributed by atoms with Crippen molar-refractivity contribution in [1.29, 1.82) is 0 Å². The molecule has 0 spiro atoms. The lowest BCUT2D eigenvalue weighted by Gasteiger charge is -2.24. The zero-order valence-electron chi connectivity index (χ0n) is 14.8. The van der Waals surface area contributed by atoms with Gasteiger partial charge in [-0.05, 0) is 30.5 Å². The SMILES string of the molecule is Cc1ccc(C2=C[C@@H](c3ccccc3)n3nc(CCCO)nc3N2)cc1. The van der Waals surface area contributed by atoms with Crippen LogP contribution < -0.4 is 5.32 Å². The summed E-state index contributed by atoms with van der Waals surface area (Å²) in [6.45, 7) is 2.23. The fourth-order valence-electron chi connectivity index (χ4n) is 3.17. The maximum absolute atomic E-state index is 9.09. The number of aromatic nitrogens is 3. The van der Waals surface area contributed by atoms with Gasteiger partial charge in [0, 0.05) is 18.7 Å². The van der Waals surface area contributed by atoms with E-state index in [-0.39, 0.29) is 12.6 Å². The first-order valence-electron chi connectivity index (χ1n) is 8.92. The van der Waals surface area contributed by atoms with Crippen molar-refractivity contribution < 1.29 is 5.11 Å². The second kappa shape index (κ2) is 7.14. The molecule has 2 aromatic carbocycles. The third kappa shape index (κ3) is 3.26. The van der Waals surface area contributed by atoms with Crippen LogP contribution in [-0.2, 0) is 6.42 Å². The molecule has 1 atom stereocenters. The van der Waals surface area contributed by atoms with Gasteiger partial charge in [0.15, 0.2) is 5.82 Å². The van der Waals surface area contributed by atoms with Crippen LogP contribution in [0.5, 0.6) is 0 Å². The largest absolute Gasteiger partial charge is 0.396 e. The molecule has 3 aromatic rings. The Morgan fingerprint density at radius 1 is 1.08 bits per heavy atom. The second-order valence-electron chi connectivity index (χ2n) is 6.55. The van der Waals surface area contributed by atoms with Crippen LogP contribution in [0.1, 0.15) is 35.0 Å². The second-order valence-corrected chi connectivity index (χ2v) is 6.55. The minimum absolute atomic E-state index is 0.0147. The van der Waals surface area contributed by atoms with E-state index < -0.39 is 0 Å². The number of benzene rings is 2. The smallest absolute Gasteiger partial charge is 0.226 e. The standard InChI is InChI=1S/C21H22N4O/c1-15-9-11-16(12-10-15)18-14-19(17-6-3-2-4-7-17)25-21(22-18)23-20(24-25)8-5-13-26/h2-4,6-7,9-12,14,19,26H,5,8,13H2,1H3,(H,22,23,24)/t19-/m0/s1. The molecular formula is C21H22N4O. The predicted octanol–water partition coefficient (Wildman–Crippen LogP) is 3.57. The molecule has 0 amide bonds. The van der Waals surface area contributed by atoms with Crippen molar-refractivity contribution in [1.82, 2.24) is 14.8 Å². The highest BCUT2D eigenvalue weighted by Crippen LogP contribution is 2.32. The third-order valence-electron chi connectivity index (χ3n) is 4.57. The van der Waals surface area contributed by atoms with E-state index in [2.05, 4.69) is 64.8 Å². The number of aliphatic hydroxyl groups excluding tert-OH is 1. The highest BCUT2D eigenvalue weighted by Gasteiger charge is 2.24. The van der Waals surface area contributed by atoms with Crippen molar-refractivity contribution in [2.24, 2.45) is 0 Å². The van der Waals surface area contributed by atoms with E-state index >= 15 is 0 Å². The molecule has 0 saturated carbocycles. The molecule has 0 unspecified atom stereocenters. The molecule has 1 aromatic heterocycles. The first-order valence-corrected chi connectivity index (χ1v) is 8.92. The van der Waals surface area contributed by atoms with E-state index in [0.29, 0.717) is 12.8 Å². The molecule has 4 rings (SSSR count). The fourth-order valence-corrected chi connectivity index (χ4v) is 3.17. The van der Waals surface area contributed by atoms with Crippen molar-refractivity contribution in [2.45, 2.75) is 25.8 Å². The summed E-state index contributed by atoms with van der Waals surface area (Å²) in [5, 5.41) is 17.2. The highest BCUT2D eigenvalue weighted by atomic mass is 16.2. The van der Waals surface area contributed by atoms with E-state index in [1.54, 1.807) is 0 Å². The van der Waals surface area contributed by atoms with Gasteiger partial charge in [-0.3, -0.25) is 0 Å². The van der Waals surface area contributed by atoms with Crippen molar-refractivity contribution in [3.63, 3.8) is 0 Å². The molecule has 5 nitrogen and oxygen atoms in total. The number of hydrogen-bond donors (Lipinski definition) is 2. The molecule has 5 heteroatoms. The molecule has 132 valence electrons. The highest BCUT2D eigenvalue weighted by molar-refractivity contribution is 5.77. The summed E-state index contributed by atoms with van der Waals surface area (Å²) < 4.78 is 1.93. The zero-order chi connectivity index (χ0) is 17.9. The predicted molar refractivity (Wildman–Crippen MR) is 103 cm³/mol. The van der Waals surface area contributed by atoms with E-state index in [9.17, 15) is 0 Å². The van der Waals surface area contributed by atoms with Gasteiger partial charge in [-0.1, -0.05) is 60.2 Å². The average molecular weight is 346 g/mol. The molecular weight excluding hydrogens is 324 g/mol. The number of nitrogens with one attached hydrogen (secondary N) is 1. The summed E-state index contributed by atoms with van der Waals surface area (Å²) >= 11 is 0. The number of nitrogens with zero attached hydrogens (tertiary/aromatic N) is 3. The van der Waals surface area contributed by atoms with Gasteiger partial charge in [0.1, 0.15) is 6.04 Å². The Balaban J connectivity index is 1.75. The van der Waals surface area contributed by atoms with Crippen LogP contribution in [0.15, 0.2) is 60.7 Å². The van der Waals surface area contributed by atoms with Gasteiger partial charge >= 0.3 is 0 Å². The summed E-state index contributed by atoms with van der Waals surface area (Å²) in [7, 11) is 0. The van der Waals surface area contributed by atoms with Gasteiger partial charge in [0.2, 0.25) is 5.95 Å². The summed E-state index contributed by atoms with van der Waals surface area (Å²) in [6, 6.07) is 18.8. The van der Waals surface area contributed by atoms with Gasteiger partial charge in [-0.25, -0.2) is 4.68 Å². The van der Waals surface area contributed by atoms with Gasteiger partial charge in [0.05, 0.1) is 0 Å². The Kier molecular flexibility index (Phi) is 4.54. The zero-order valence-corrected chi connectivity index (χ0v) is 14.8. The van der Waals surface area contributed by atoms with Crippen molar-refractivity contribution in [3.05, 3.63) is 83.2 Å². The lowest BCUT2D eigenvalue weighted by molar-refractivity contribution is 0.287.